The highest BCUT2D eigenvalue weighted by molar-refractivity contribution is 6.31. The third kappa shape index (κ3) is 4.09. The fourth-order valence-corrected chi connectivity index (χ4v) is 5.94. The molecule has 0 aliphatic carbocycles. The van der Waals surface area contributed by atoms with E-state index in [2.05, 4.69) is 131 Å². The number of nitrogens with one attached hydrogen (secondary N) is 2. The van der Waals surface area contributed by atoms with Crippen LogP contribution in [0.25, 0.3) is 16.7 Å². The maximum atomic E-state index is 5.26. The number of aliphatic imine (C=N–C) groups is 2. The van der Waals surface area contributed by atoms with Crippen LogP contribution in [0.1, 0.15) is 38.4 Å². The summed E-state index contributed by atoms with van der Waals surface area (Å²) in [5.74, 6) is 0. The SMILES string of the molecule is C1=C/C2=C(\c3ccccc3)c3ccc([nH]3)C3C=CC(=N3)/C(c3ccccc3)=c3/cc/c([nH]3)=C(\c3ccccc3)C1=N2.[2HH].[2HH].[2HH]. The number of allylic oxidation sites excluding steroid dienone is 3. The van der Waals surface area contributed by atoms with E-state index in [1.54, 1.807) is 0 Å². The van der Waals surface area contributed by atoms with E-state index < -0.39 is 0 Å². The van der Waals surface area contributed by atoms with Gasteiger partial charge in [0.1, 0.15) is 6.04 Å². The molecule has 0 saturated heterocycles. The molecule has 4 nitrogen and oxygen atoms in total. The number of hydrogen-bond donors (Lipinski definition) is 2. The van der Waals surface area contributed by atoms with Crippen LogP contribution in [0.15, 0.2) is 155 Å². The second-order valence-electron chi connectivity index (χ2n) is 10.4. The smallest absolute Gasteiger partial charge is 0.109 e. The second kappa shape index (κ2) is 9.61. The highest BCUT2D eigenvalue weighted by atomic mass is 14.9. The van der Waals surface area contributed by atoms with Crippen molar-refractivity contribution in [3.05, 3.63) is 184 Å². The summed E-state index contributed by atoms with van der Waals surface area (Å²) in [5, 5.41) is 2.04. The highest BCUT2D eigenvalue weighted by Crippen LogP contribution is 2.34. The number of nitrogens with zero attached hydrogens (tertiary/aromatic N) is 2. The van der Waals surface area contributed by atoms with Crippen LogP contribution in [0.4, 0.5) is 0 Å². The standard InChI is InChI=1S/C37H26N4.3H2/c1-4-10-24(11-5-1)35-29-18-16-27(38-29)28-17-19-30(39-28)36(25-12-6-2-7-13-25)32-21-23-34(41-32)37(26-14-8-3-9-15-26)33-22-20-31(35)40-33;;;/h1-23,27,39-40H;3*1H/b35-31-,36-32-,37-33-;;;/i;3*1+1. The van der Waals surface area contributed by atoms with Gasteiger partial charge in [0, 0.05) is 43.1 Å². The molecule has 8 rings (SSSR count). The molecule has 4 heteroatoms. The van der Waals surface area contributed by atoms with Gasteiger partial charge in [-0.25, -0.2) is 4.99 Å². The first kappa shape index (κ1) is 23.4. The summed E-state index contributed by atoms with van der Waals surface area (Å²) in [5.41, 5.74) is 11.5. The van der Waals surface area contributed by atoms with E-state index in [-0.39, 0.29) is 10.3 Å². The number of fused-ring (bicyclic) bond motifs is 7. The van der Waals surface area contributed by atoms with Crippen LogP contribution in [0, 0.1) is 0 Å². The number of aromatic amines is 2. The molecule has 1 atom stereocenters. The first-order valence-electron chi connectivity index (χ1n) is 13.9. The van der Waals surface area contributed by atoms with Gasteiger partial charge >= 0.3 is 0 Å². The highest BCUT2D eigenvalue weighted by Gasteiger charge is 2.23. The average molecular weight is 536 g/mol. The quantitative estimate of drug-likeness (QED) is 0.250. The van der Waals surface area contributed by atoms with Gasteiger partial charge in [0.2, 0.25) is 0 Å². The molecule has 0 radical (unpaired) electrons. The predicted molar refractivity (Wildman–Crippen MR) is 173 cm³/mol. The van der Waals surface area contributed by atoms with Crippen LogP contribution >= 0.6 is 0 Å². The van der Waals surface area contributed by atoms with Crippen LogP contribution in [0.5, 0.6) is 0 Å². The van der Waals surface area contributed by atoms with Crippen molar-refractivity contribution in [2.24, 2.45) is 9.98 Å². The molecular weight excluding hydrogens is 500 g/mol. The molecule has 1 unspecified atom stereocenters. The van der Waals surface area contributed by atoms with Gasteiger partial charge in [0.15, 0.2) is 0 Å². The number of rotatable bonds is 3. The van der Waals surface area contributed by atoms with E-state index in [4.69, 9.17) is 9.98 Å². The Kier molecular flexibility index (Phi) is 5.49. The van der Waals surface area contributed by atoms with Crippen molar-refractivity contribution in [3.63, 3.8) is 0 Å². The van der Waals surface area contributed by atoms with Crippen LogP contribution in [0.2, 0.25) is 0 Å². The third-order valence-electron chi connectivity index (χ3n) is 7.83. The molecule has 5 heterocycles. The zero-order valence-electron chi connectivity index (χ0n) is 22.3. The Hall–Kier alpha value is -5.48. The monoisotopic (exact) mass is 535 g/mol. The van der Waals surface area contributed by atoms with Crippen LogP contribution < -0.4 is 10.7 Å². The van der Waals surface area contributed by atoms with Crippen LogP contribution in [-0.4, -0.2) is 21.4 Å². The van der Waals surface area contributed by atoms with Gasteiger partial charge in [-0.15, -0.1) is 0 Å². The minimum Gasteiger partial charge on any atom is -0.356 e. The van der Waals surface area contributed by atoms with Gasteiger partial charge in [-0.1, -0.05) is 97.1 Å². The summed E-state index contributed by atoms with van der Waals surface area (Å²) in [6, 6.07) is 40.0. The topological polar surface area (TPSA) is 56.3 Å². The summed E-state index contributed by atoms with van der Waals surface area (Å²) in [6.45, 7) is 0. The first-order valence-corrected chi connectivity index (χ1v) is 13.9. The number of hydrogen-bond acceptors (Lipinski definition) is 2. The lowest BCUT2D eigenvalue weighted by Gasteiger charge is -2.10. The van der Waals surface area contributed by atoms with Crippen LogP contribution in [0.3, 0.4) is 0 Å². The van der Waals surface area contributed by atoms with E-state index in [0.717, 1.165) is 72.6 Å². The maximum Gasteiger partial charge on any atom is 0.109 e. The summed E-state index contributed by atoms with van der Waals surface area (Å²) in [7, 11) is 0. The molecule has 8 bridgehead atoms. The minimum absolute atomic E-state index is 0. The van der Waals surface area contributed by atoms with Crippen molar-refractivity contribution in [2.45, 2.75) is 6.04 Å². The molecule has 0 amide bonds. The Balaban J connectivity index is 0.00000128. The first-order chi connectivity index (χ1) is 20.3. The lowest BCUT2D eigenvalue weighted by molar-refractivity contribution is 0.890. The molecule has 2 aromatic heterocycles. The van der Waals surface area contributed by atoms with Crippen molar-refractivity contribution in [2.75, 3.05) is 0 Å². The molecule has 5 aromatic rings. The molecule has 3 aliphatic rings. The van der Waals surface area contributed by atoms with E-state index in [1.165, 1.54) is 0 Å². The molecule has 0 fully saturated rings. The predicted octanol–water partition coefficient (Wildman–Crippen LogP) is 7.01. The minimum atomic E-state index is -0.0938. The average Bonchev–Trinajstić information content (AvgIpc) is 3.84. The van der Waals surface area contributed by atoms with Gasteiger partial charge in [-0.05, 0) is 59.2 Å². The summed E-state index contributed by atoms with van der Waals surface area (Å²) >= 11 is 0. The van der Waals surface area contributed by atoms with Gasteiger partial charge in [-0.2, -0.15) is 0 Å². The molecule has 200 valence electrons. The van der Waals surface area contributed by atoms with Gasteiger partial charge in [0.05, 0.1) is 17.1 Å². The molecule has 2 N–H and O–H groups in total. The van der Waals surface area contributed by atoms with Crippen molar-refractivity contribution < 1.29 is 4.28 Å². The fraction of sp³-hybridized carbons (Fsp3) is 0.0270. The lowest BCUT2D eigenvalue weighted by Crippen LogP contribution is -2.21. The zero-order chi connectivity index (χ0) is 27.2. The third-order valence-corrected chi connectivity index (χ3v) is 7.83. The number of aromatic nitrogens is 2. The Morgan fingerprint density at radius 3 is 1.73 bits per heavy atom. The van der Waals surface area contributed by atoms with E-state index >= 15 is 0 Å². The normalized spacial score (nSPS) is 21.8. The van der Waals surface area contributed by atoms with Crippen molar-refractivity contribution >= 4 is 28.1 Å². The summed E-state index contributed by atoms with van der Waals surface area (Å²) in [4.78, 5) is 17.9. The number of benzene rings is 3. The summed E-state index contributed by atoms with van der Waals surface area (Å²) in [6.07, 6.45) is 8.58. The second-order valence-corrected chi connectivity index (χ2v) is 10.4. The zero-order valence-corrected chi connectivity index (χ0v) is 22.3. The van der Waals surface area contributed by atoms with Gasteiger partial charge in [0.25, 0.3) is 0 Å². The van der Waals surface area contributed by atoms with Crippen LogP contribution in [-0.2, 0) is 0 Å². The molecule has 0 saturated carbocycles. The lowest BCUT2D eigenvalue weighted by atomic mass is 10.0. The molecular formula is C37H32N4. The summed E-state index contributed by atoms with van der Waals surface area (Å²) < 4.78 is 0. The Labute approximate surface area is 242 Å². The Morgan fingerprint density at radius 1 is 0.512 bits per heavy atom. The van der Waals surface area contributed by atoms with E-state index in [9.17, 15) is 0 Å². The molecule has 0 spiro atoms. The fourth-order valence-electron chi connectivity index (χ4n) is 5.94. The van der Waals surface area contributed by atoms with Crippen molar-refractivity contribution in [3.8, 4) is 0 Å². The Morgan fingerprint density at radius 2 is 1.10 bits per heavy atom. The van der Waals surface area contributed by atoms with E-state index in [0.29, 0.717) is 0 Å². The molecule has 41 heavy (non-hydrogen) atoms. The largest absolute Gasteiger partial charge is 0.356 e. The van der Waals surface area contributed by atoms with Gasteiger partial charge < -0.3 is 9.97 Å². The number of H-pyrrole nitrogens is 2. The van der Waals surface area contributed by atoms with Crippen molar-refractivity contribution in [1.82, 2.24) is 9.97 Å². The van der Waals surface area contributed by atoms with E-state index in [1.807, 2.05) is 18.2 Å². The Bertz CT molecular complexity index is 2080. The van der Waals surface area contributed by atoms with Gasteiger partial charge in [-0.3, -0.25) is 4.99 Å². The van der Waals surface area contributed by atoms with Crippen molar-refractivity contribution in [1.29, 1.82) is 0 Å². The molecule has 3 aliphatic heterocycles. The molecule has 3 aromatic carbocycles. The maximum absolute atomic E-state index is 5.26.